The van der Waals surface area contributed by atoms with Crippen molar-refractivity contribution in [3.63, 3.8) is 0 Å². The number of hydrogen-bond acceptors (Lipinski definition) is 6. The Morgan fingerprint density at radius 3 is 2.71 bits per heavy atom. The first-order chi connectivity index (χ1) is 14.7. The van der Waals surface area contributed by atoms with Gasteiger partial charge in [-0.2, -0.15) is 0 Å². The summed E-state index contributed by atoms with van der Waals surface area (Å²) in [6.07, 6.45) is 5.19. The molecule has 162 valence electrons. The zero-order valence-electron chi connectivity index (χ0n) is 16.8. The molecule has 1 fully saturated rings. The van der Waals surface area contributed by atoms with Crippen molar-refractivity contribution >= 4 is 62.4 Å². The third-order valence-corrected chi connectivity index (χ3v) is 7.93. The molecule has 1 amide bonds. The van der Waals surface area contributed by atoms with Crippen LogP contribution in [0.3, 0.4) is 0 Å². The van der Waals surface area contributed by atoms with E-state index in [1.807, 2.05) is 0 Å². The lowest BCUT2D eigenvalue weighted by atomic mass is 10.2. The molecule has 2 heterocycles. The van der Waals surface area contributed by atoms with Crippen molar-refractivity contribution in [2.24, 2.45) is 5.92 Å². The molecule has 0 spiro atoms. The number of nitrogens with zero attached hydrogens (tertiary/aromatic N) is 1. The molecule has 0 bridgehead atoms. The second-order valence-electron chi connectivity index (χ2n) is 7.33. The Morgan fingerprint density at radius 1 is 1.23 bits per heavy atom. The molecule has 31 heavy (non-hydrogen) atoms. The van der Waals surface area contributed by atoms with Gasteiger partial charge < -0.3 is 9.84 Å². The SMILES string of the molecule is Cc1cc(Cl)ccc1NS(=O)(=O)c1ccc(C=Cc2onc(C)c2NC(=O)C2CC2)s1. The van der Waals surface area contributed by atoms with E-state index in [1.54, 1.807) is 56.3 Å². The van der Waals surface area contributed by atoms with E-state index in [2.05, 4.69) is 15.2 Å². The normalized spacial score (nSPS) is 14.2. The first-order valence-electron chi connectivity index (χ1n) is 9.57. The number of carbonyl (C=O) groups is 1. The Hall–Kier alpha value is -2.62. The van der Waals surface area contributed by atoms with Crippen LogP contribution in [0.25, 0.3) is 12.2 Å². The van der Waals surface area contributed by atoms with Gasteiger partial charge in [-0.25, -0.2) is 8.42 Å². The maximum absolute atomic E-state index is 12.7. The lowest BCUT2D eigenvalue weighted by Gasteiger charge is -2.09. The zero-order valence-corrected chi connectivity index (χ0v) is 19.2. The molecule has 1 saturated carbocycles. The summed E-state index contributed by atoms with van der Waals surface area (Å²) in [6, 6.07) is 8.21. The third-order valence-electron chi connectivity index (χ3n) is 4.78. The maximum atomic E-state index is 12.7. The van der Waals surface area contributed by atoms with Crippen LogP contribution in [0.2, 0.25) is 5.02 Å². The van der Waals surface area contributed by atoms with Gasteiger partial charge in [-0.1, -0.05) is 16.8 Å². The van der Waals surface area contributed by atoms with Gasteiger partial charge in [0.05, 0.1) is 5.69 Å². The van der Waals surface area contributed by atoms with Gasteiger partial charge in [0.25, 0.3) is 10.0 Å². The fraction of sp³-hybridized carbons (Fsp3) is 0.238. The van der Waals surface area contributed by atoms with Crippen molar-refractivity contribution in [2.45, 2.75) is 30.9 Å². The molecule has 0 atom stereocenters. The van der Waals surface area contributed by atoms with Crippen molar-refractivity contribution in [1.29, 1.82) is 0 Å². The summed E-state index contributed by atoms with van der Waals surface area (Å²) in [5.41, 5.74) is 2.33. The van der Waals surface area contributed by atoms with Crippen LogP contribution in [0.1, 0.15) is 34.7 Å². The van der Waals surface area contributed by atoms with Crippen LogP contribution in [0.15, 0.2) is 39.1 Å². The van der Waals surface area contributed by atoms with Crippen LogP contribution in [-0.4, -0.2) is 19.5 Å². The summed E-state index contributed by atoms with van der Waals surface area (Å²) >= 11 is 7.05. The smallest absolute Gasteiger partial charge is 0.271 e. The Labute approximate surface area is 189 Å². The Kier molecular flexibility index (Phi) is 5.92. The first-order valence-corrected chi connectivity index (χ1v) is 12.2. The third kappa shape index (κ3) is 5.00. The highest BCUT2D eigenvalue weighted by molar-refractivity contribution is 7.94. The molecule has 3 aromatic rings. The molecule has 2 N–H and O–H groups in total. The minimum atomic E-state index is -3.73. The van der Waals surface area contributed by atoms with Crippen molar-refractivity contribution in [2.75, 3.05) is 10.0 Å². The minimum absolute atomic E-state index is 0.0333. The summed E-state index contributed by atoms with van der Waals surface area (Å²) in [4.78, 5) is 12.8. The Morgan fingerprint density at radius 2 is 2.00 bits per heavy atom. The van der Waals surface area contributed by atoms with Gasteiger partial charge in [-0.3, -0.25) is 9.52 Å². The number of aryl methyl sites for hydroxylation is 2. The van der Waals surface area contributed by atoms with Crippen molar-refractivity contribution in [1.82, 2.24) is 5.16 Å². The number of carbonyl (C=O) groups excluding carboxylic acids is 1. The topological polar surface area (TPSA) is 101 Å². The molecule has 10 heteroatoms. The largest absolute Gasteiger partial charge is 0.354 e. The van der Waals surface area contributed by atoms with Gasteiger partial charge in [0.2, 0.25) is 5.91 Å². The Bertz CT molecular complexity index is 1270. The molecule has 7 nitrogen and oxygen atoms in total. The lowest BCUT2D eigenvalue weighted by molar-refractivity contribution is -0.117. The predicted molar refractivity (Wildman–Crippen MR) is 123 cm³/mol. The highest BCUT2D eigenvalue weighted by atomic mass is 35.5. The van der Waals surface area contributed by atoms with E-state index in [0.717, 1.165) is 29.7 Å². The van der Waals surface area contributed by atoms with E-state index in [9.17, 15) is 13.2 Å². The second-order valence-corrected chi connectivity index (χ2v) is 10.8. The minimum Gasteiger partial charge on any atom is -0.354 e. The zero-order chi connectivity index (χ0) is 22.2. The summed E-state index contributed by atoms with van der Waals surface area (Å²) < 4.78 is 33.6. The van der Waals surface area contributed by atoms with Gasteiger partial charge in [-0.15, -0.1) is 11.3 Å². The molecular formula is C21H20ClN3O4S2. The molecule has 2 aromatic heterocycles. The quantitative estimate of drug-likeness (QED) is 0.479. The number of rotatable bonds is 7. The van der Waals surface area contributed by atoms with Crippen molar-refractivity contribution in [3.8, 4) is 0 Å². The Balaban J connectivity index is 1.50. The molecule has 0 saturated heterocycles. The summed E-state index contributed by atoms with van der Waals surface area (Å²) in [7, 11) is -3.73. The number of thiophene rings is 1. The summed E-state index contributed by atoms with van der Waals surface area (Å²) in [6.45, 7) is 3.54. The number of aromatic nitrogens is 1. The van der Waals surface area contributed by atoms with Crippen LogP contribution in [0.5, 0.6) is 0 Å². The van der Waals surface area contributed by atoms with E-state index in [0.29, 0.717) is 32.7 Å². The standard InChI is InChI=1S/C21H20ClN3O4S2/c1-12-11-15(22)5-8-17(12)25-31(27,28)19-10-7-16(30-19)6-9-18-20(13(2)24-29-18)23-21(26)14-3-4-14/h5-11,14,25H,3-4H2,1-2H3,(H,23,26). The molecule has 0 unspecified atom stereocenters. The monoisotopic (exact) mass is 477 g/mol. The van der Waals surface area contributed by atoms with Gasteiger partial charge in [0, 0.05) is 15.8 Å². The molecule has 4 rings (SSSR count). The van der Waals surface area contributed by atoms with E-state index >= 15 is 0 Å². The fourth-order valence-electron chi connectivity index (χ4n) is 2.89. The fourth-order valence-corrected chi connectivity index (χ4v) is 5.47. The van der Waals surface area contributed by atoms with Crippen LogP contribution >= 0.6 is 22.9 Å². The summed E-state index contributed by atoms with van der Waals surface area (Å²) in [5, 5.41) is 7.32. The highest BCUT2D eigenvalue weighted by Gasteiger charge is 2.30. The van der Waals surface area contributed by atoms with Gasteiger partial charge in [0.15, 0.2) is 5.76 Å². The number of hydrogen-bond donors (Lipinski definition) is 2. The van der Waals surface area contributed by atoms with Crippen molar-refractivity contribution < 1.29 is 17.7 Å². The van der Waals surface area contributed by atoms with Gasteiger partial charge in [-0.05, 0) is 74.7 Å². The van der Waals surface area contributed by atoms with E-state index < -0.39 is 10.0 Å². The molecule has 0 radical (unpaired) electrons. The molecule has 1 aromatic carbocycles. The van der Waals surface area contributed by atoms with E-state index in [4.69, 9.17) is 16.1 Å². The van der Waals surface area contributed by atoms with E-state index in [1.165, 1.54) is 0 Å². The lowest BCUT2D eigenvalue weighted by Crippen LogP contribution is -2.14. The van der Waals surface area contributed by atoms with Gasteiger partial charge >= 0.3 is 0 Å². The number of amides is 1. The average Bonchev–Trinajstić information content (AvgIpc) is 3.36. The van der Waals surface area contributed by atoms with Crippen LogP contribution < -0.4 is 10.0 Å². The van der Waals surface area contributed by atoms with Crippen molar-refractivity contribution in [3.05, 3.63) is 57.2 Å². The van der Waals surface area contributed by atoms with Crippen LogP contribution in [0, 0.1) is 19.8 Å². The number of halogens is 1. The van der Waals surface area contributed by atoms with Crippen LogP contribution in [0.4, 0.5) is 11.4 Å². The number of anilines is 2. The van der Waals surface area contributed by atoms with E-state index in [-0.39, 0.29) is 16.0 Å². The summed E-state index contributed by atoms with van der Waals surface area (Å²) in [5.74, 6) is 0.446. The highest BCUT2D eigenvalue weighted by Crippen LogP contribution is 2.32. The number of benzene rings is 1. The molecular weight excluding hydrogens is 458 g/mol. The second kappa shape index (κ2) is 8.49. The first kappa shape index (κ1) is 21.6. The number of nitrogens with one attached hydrogen (secondary N) is 2. The van der Waals surface area contributed by atoms with Gasteiger partial charge in [0.1, 0.15) is 15.6 Å². The maximum Gasteiger partial charge on any atom is 0.271 e. The number of sulfonamides is 1. The molecule has 0 aliphatic heterocycles. The van der Waals surface area contributed by atoms with Crippen LogP contribution in [-0.2, 0) is 14.8 Å². The molecule has 1 aliphatic carbocycles. The molecule has 1 aliphatic rings. The predicted octanol–water partition coefficient (Wildman–Crippen LogP) is 5.33. The average molecular weight is 478 g/mol.